The standard InChI is InChI=1S/C15H19Br2N3O/c1-19(2)7-8-20-15(13(17)10-18-20)14(21)9-11-3-5-12(16)6-4-11/h3-6,10,14,21H,7-9H2,1-2H3. The zero-order valence-corrected chi connectivity index (χ0v) is 15.3. The number of likely N-dealkylation sites (N-methyl/N-ethyl adjacent to an activating group) is 1. The van der Waals surface area contributed by atoms with Crippen LogP contribution in [0.3, 0.4) is 0 Å². The summed E-state index contributed by atoms with van der Waals surface area (Å²) in [5.74, 6) is 0. The van der Waals surface area contributed by atoms with E-state index < -0.39 is 6.10 Å². The van der Waals surface area contributed by atoms with Crippen molar-refractivity contribution in [2.75, 3.05) is 20.6 Å². The highest BCUT2D eigenvalue weighted by Gasteiger charge is 2.18. The van der Waals surface area contributed by atoms with Crippen molar-refractivity contribution < 1.29 is 5.11 Å². The summed E-state index contributed by atoms with van der Waals surface area (Å²) in [6, 6.07) is 8.00. The first-order valence-corrected chi connectivity index (χ1v) is 8.34. The van der Waals surface area contributed by atoms with Crippen LogP contribution in [-0.2, 0) is 13.0 Å². The summed E-state index contributed by atoms with van der Waals surface area (Å²) in [6.07, 6.45) is 1.74. The van der Waals surface area contributed by atoms with Gasteiger partial charge in [0, 0.05) is 17.4 Å². The van der Waals surface area contributed by atoms with Crippen LogP contribution in [0.5, 0.6) is 0 Å². The Hall–Kier alpha value is -0.690. The number of nitrogens with zero attached hydrogens (tertiary/aromatic N) is 3. The van der Waals surface area contributed by atoms with Gasteiger partial charge >= 0.3 is 0 Å². The first-order valence-electron chi connectivity index (χ1n) is 6.76. The Morgan fingerprint density at radius 1 is 1.24 bits per heavy atom. The van der Waals surface area contributed by atoms with Gasteiger partial charge in [-0.05, 0) is 47.7 Å². The van der Waals surface area contributed by atoms with E-state index in [9.17, 15) is 5.11 Å². The molecule has 1 aromatic carbocycles. The van der Waals surface area contributed by atoms with Crippen LogP contribution >= 0.6 is 31.9 Å². The van der Waals surface area contributed by atoms with Gasteiger partial charge in [-0.1, -0.05) is 28.1 Å². The fourth-order valence-electron chi connectivity index (χ4n) is 2.12. The molecule has 0 radical (unpaired) electrons. The fourth-order valence-corrected chi connectivity index (χ4v) is 2.94. The second-order valence-electron chi connectivity index (χ2n) is 5.25. The summed E-state index contributed by atoms with van der Waals surface area (Å²) in [5.41, 5.74) is 1.93. The number of hydrogen-bond donors (Lipinski definition) is 1. The van der Waals surface area contributed by atoms with Gasteiger partial charge in [0.05, 0.1) is 22.9 Å². The van der Waals surface area contributed by atoms with E-state index in [1.807, 2.05) is 43.0 Å². The lowest BCUT2D eigenvalue weighted by molar-refractivity contribution is 0.164. The van der Waals surface area contributed by atoms with E-state index in [4.69, 9.17) is 0 Å². The average Bonchev–Trinajstić information content (AvgIpc) is 2.80. The zero-order valence-electron chi connectivity index (χ0n) is 12.1. The average molecular weight is 417 g/mol. The SMILES string of the molecule is CN(C)CCn1ncc(Br)c1C(O)Cc1ccc(Br)cc1. The largest absolute Gasteiger partial charge is 0.386 e. The van der Waals surface area contributed by atoms with E-state index in [-0.39, 0.29) is 0 Å². The predicted octanol–water partition coefficient (Wildman–Crippen LogP) is 3.25. The lowest BCUT2D eigenvalue weighted by Gasteiger charge is -2.16. The normalized spacial score (nSPS) is 12.9. The third-order valence-electron chi connectivity index (χ3n) is 3.25. The van der Waals surface area contributed by atoms with Crippen LogP contribution in [0.25, 0.3) is 0 Å². The Bertz CT molecular complexity index is 581. The zero-order chi connectivity index (χ0) is 15.4. The minimum atomic E-state index is -0.579. The van der Waals surface area contributed by atoms with Gasteiger partial charge in [0.2, 0.25) is 0 Å². The molecule has 1 atom stereocenters. The maximum Gasteiger partial charge on any atom is 0.101 e. The molecule has 1 heterocycles. The number of hydrogen-bond acceptors (Lipinski definition) is 3. The van der Waals surface area contributed by atoms with Gasteiger partial charge in [0.1, 0.15) is 6.10 Å². The first kappa shape index (κ1) is 16.7. The van der Waals surface area contributed by atoms with Crippen molar-refractivity contribution in [2.45, 2.75) is 19.1 Å². The summed E-state index contributed by atoms with van der Waals surface area (Å²) in [7, 11) is 4.05. The molecule has 0 amide bonds. The van der Waals surface area contributed by atoms with Gasteiger partial charge in [-0.3, -0.25) is 4.68 Å². The molecule has 0 bridgehead atoms. The van der Waals surface area contributed by atoms with Crippen molar-refractivity contribution in [3.8, 4) is 0 Å². The van der Waals surface area contributed by atoms with E-state index in [0.717, 1.165) is 33.3 Å². The number of halogens is 2. The van der Waals surface area contributed by atoms with Crippen LogP contribution in [-0.4, -0.2) is 40.4 Å². The fraction of sp³-hybridized carbons (Fsp3) is 0.400. The summed E-state index contributed by atoms with van der Waals surface area (Å²) < 4.78 is 3.76. The van der Waals surface area contributed by atoms with Crippen molar-refractivity contribution in [2.24, 2.45) is 0 Å². The lowest BCUT2D eigenvalue weighted by Crippen LogP contribution is -2.21. The third kappa shape index (κ3) is 4.64. The van der Waals surface area contributed by atoms with E-state index in [2.05, 4.69) is 41.9 Å². The molecule has 0 saturated heterocycles. The molecule has 0 aliphatic heterocycles. The quantitative estimate of drug-likeness (QED) is 0.785. The molecular formula is C15H19Br2N3O. The Labute approximate surface area is 142 Å². The maximum absolute atomic E-state index is 10.5. The minimum absolute atomic E-state index is 0.569. The second-order valence-corrected chi connectivity index (χ2v) is 7.02. The Morgan fingerprint density at radius 3 is 2.52 bits per heavy atom. The van der Waals surface area contributed by atoms with Crippen molar-refractivity contribution in [1.29, 1.82) is 0 Å². The third-order valence-corrected chi connectivity index (χ3v) is 4.39. The van der Waals surface area contributed by atoms with Gasteiger partial charge in [0.15, 0.2) is 0 Å². The molecule has 1 aromatic heterocycles. The number of aromatic nitrogens is 2. The molecule has 114 valence electrons. The minimum Gasteiger partial charge on any atom is -0.386 e. The monoisotopic (exact) mass is 415 g/mol. The van der Waals surface area contributed by atoms with Crippen LogP contribution in [0, 0.1) is 0 Å². The van der Waals surface area contributed by atoms with Crippen molar-refractivity contribution in [1.82, 2.24) is 14.7 Å². The number of aliphatic hydroxyl groups is 1. The topological polar surface area (TPSA) is 41.3 Å². The second kappa shape index (κ2) is 7.54. The van der Waals surface area contributed by atoms with Gasteiger partial charge in [-0.25, -0.2) is 0 Å². The predicted molar refractivity (Wildman–Crippen MR) is 91.3 cm³/mol. The Morgan fingerprint density at radius 2 is 1.90 bits per heavy atom. The first-order chi connectivity index (χ1) is 9.97. The summed E-state index contributed by atoms with van der Waals surface area (Å²) in [6.45, 7) is 1.64. The molecule has 21 heavy (non-hydrogen) atoms. The lowest BCUT2D eigenvalue weighted by atomic mass is 10.1. The maximum atomic E-state index is 10.5. The molecule has 1 unspecified atom stereocenters. The number of benzene rings is 1. The summed E-state index contributed by atoms with van der Waals surface area (Å²) in [5, 5.41) is 14.9. The van der Waals surface area contributed by atoms with Crippen LogP contribution in [0.1, 0.15) is 17.4 Å². The van der Waals surface area contributed by atoms with Gasteiger partial charge < -0.3 is 10.0 Å². The molecule has 0 fully saturated rings. The molecule has 0 aliphatic rings. The molecule has 1 N–H and O–H groups in total. The summed E-state index contributed by atoms with van der Waals surface area (Å²) >= 11 is 6.90. The number of rotatable bonds is 6. The molecule has 4 nitrogen and oxygen atoms in total. The highest BCUT2D eigenvalue weighted by Crippen LogP contribution is 2.26. The smallest absolute Gasteiger partial charge is 0.101 e. The van der Waals surface area contributed by atoms with Gasteiger partial charge in [-0.2, -0.15) is 5.10 Å². The van der Waals surface area contributed by atoms with E-state index in [1.54, 1.807) is 6.20 Å². The molecule has 0 aliphatic carbocycles. The van der Waals surface area contributed by atoms with Crippen molar-refractivity contribution in [3.63, 3.8) is 0 Å². The van der Waals surface area contributed by atoms with Gasteiger partial charge in [-0.15, -0.1) is 0 Å². The molecule has 0 spiro atoms. The van der Waals surface area contributed by atoms with Crippen molar-refractivity contribution >= 4 is 31.9 Å². The van der Waals surface area contributed by atoms with E-state index in [1.165, 1.54) is 0 Å². The highest BCUT2D eigenvalue weighted by molar-refractivity contribution is 9.10. The van der Waals surface area contributed by atoms with Crippen LogP contribution < -0.4 is 0 Å². The Kier molecular flexibility index (Phi) is 5.98. The molecule has 2 rings (SSSR count). The van der Waals surface area contributed by atoms with Crippen LogP contribution in [0.4, 0.5) is 0 Å². The molecule has 2 aromatic rings. The van der Waals surface area contributed by atoms with Crippen molar-refractivity contribution in [3.05, 3.63) is 50.7 Å². The van der Waals surface area contributed by atoms with Crippen LogP contribution in [0.15, 0.2) is 39.4 Å². The van der Waals surface area contributed by atoms with Gasteiger partial charge in [0.25, 0.3) is 0 Å². The van der Waals surface area contributed by atoms with E-state index in [0.29, 0.717) is 6.42 Å². The molecule has 0 saturated carbocycles. The molecule has 6 heteroatoms. The highest BCUT2D eigenvalue weighted by atomic mass is 79.9. The van der Waals surface area contributed by atoms with Crippen LogP contribution in [0.2, 0.25) is 0 Å². The number of aliphatic hydroxyl groups excluding tert-OH is 1. The molecular weight excluding hydrogens is 398 g/mol. The summed E-state index contributed by atoms with van der Waals surface area (Å²) in [4.78, 5) is 2.10. The Balaban J connectivity index is 2.12. The van der Waals surface area contributed by atoms with E-state index >= 15 is 0 Å².